The monoisotopic (exact) mass is 416 g/mol. The number of nitrogens with one attached hydrogen (secondary N) is 1. The Morgan fingerprint density at radius 3 is 2.24 bits per heavy atom. The second-order valence-corrected chi connectivity index (χ2v) is 7.49. The Kier molecular flexibility index (Phi) is 9.16. The summed E-state index contributed by atoms with van der Waals surface area (Å²) in [6.07, 6.45) is 0. The van der Waals surface area contributed by atoms with Crippen LogP contribution in [0.1, 0.15) is 32.4 Å². The number of hydrogen-bond donors (Lipinski definition) is 1. The number of piperazine rings is 1. The lowest BCUT2D eigenvalue weighted by molar-refractivity contribution is 0.0862. The Labute approximate surface area is 153 Å². The smallest absolute Gasteiger partial charge is 0.0548 e. The zero-order valence-electron chi connectivity index (χ0n) is 12.7. The molecule has 2 rings (SSSR count). The number of halogens is 4. The van der Waals surface area contributed by atoms with Crippen molar-refractivity contribution in [1.29, 1.82) is 0 Å². The van der Waals surface area contributed by atoms with Crippen LogP contribution in [0, 0.1) is 5.41 Å². The first kappa shape index (κ1) is 21.5. The van der Waals surface area contributed by atoms with Crippen molar-refractivity contribution in [2.75, 3.05) is 26.2 Å². The van der Waals surface area contributed by atoms with Crippen molar-refractivity contribution in [2.45, 2.75) is 26.8 Å². The third-order valence-electron chi connectivity index (χ3n) is 3.60. The lowest BCUT2D eigenvalue weighted by Crippen LogP contribution is -2.48. The molecule has 0 amide bonds. The quantitative estimate of drug-likeness (QED) is 0.732. The topological polar surface area (TPSA) is 15.3 Å². The van der Waals surface area contributed by atoms with E-state index in [9.17, 15) is 0 Å². The summed E-state index contributed by atoms with van der Waals surface area (Å²) in [6.45, 7) is 11.3. The summed E-state index contributed by atoms with van der Waals surface area (Å²) < 4.78 is 0.982. The van der Waals surface area contributed by atoms with E-state index >= 15 is 0 Å². The fraction of sp³-hybridized carbons (Fsp3) is 0.600. The first-order chi connectivity index (χ1) is 8.89. The number of nitrogens with zero attached hydrogens (tertiary/aromatic N) is 1. The molecule has 1 aromatic carbocycles. The summed E-state index contributed by atoms with van der Waals surface area (Å²) in [4.78, 5) is 2.58. The van der Waals surface area contributed by atoms with Crippen molar-refractivity contribution in [3.63, 3.8) is 0 Å². The van der Waals surface area contributed by atoms with Gasteiger partial charge in [-0.1, -0.05) is 38.4 Å². The molecular weight excluding hydrogens is 394 g/mol. The number of rotatable bonds is 2. The molecule has 0 unspecified atom stereocenters. The van der Waals surface area contributed by atoms with Gasteiger partial charge in [0.05, 0.1) is 5.02 Å². The van der Waals surface area contributed by atoms with E-state index in [2.05, 4.69) is 59.1 Å². The zero-order valence-corrected chi connectivity index (χ0v) is 16.6. The van der Waals surface area contributed by atoms with Gasteiger partial charge in [0.25, 0.3) is 0 Å². The summed E-state index contributed by atoms with van der Waals surface area (Å²) >= 11 is 9.66. The predicted molar refractivity (Wildman–Crippen MR) is 100 cm³/mol. The van der Waals surface area contributed by atoms with Crippen LogP contribution in [0.25, 0.3) is 0 Å². The van der Waals surface area contributed by atoms with Crippen LogP contribution in [0.3, 0.4) is 0 Å². The Morgan fingerprint density at radius 2 is 1.76 bits per heavy atom. The Morgan fingerprint density at radius 1 is 1.19 bits per heavy atom. The van der Waals surface area contributed by atoms with Gasteiger partial charge < -0.3 is 5.32 Å². The molecule has 122 valence electrons. The largest absolute Gasteiger partial charge is 0.314 e. The standard InChI is InChI=1S/C15H22BrClN2.2ClH/c1-15(2,3)14(19-8-6-18-7-9-19)11-4-5-13(17)12(16)10-11;;/h4-5,10,14,18H,6-9H2,1-3H3;2*1H/t14-;;/m0../s1. The van der Waals surface area contributed by atoms with Crippen LogP contribution >= 0.6 is 52.3 Å². The molecule has 1 heterocycles. The molecule has 1 aromatic rings. The van der Waals surface area contributed by atoms with Gasteiger partial charge in [-0.3, -0.25) is 4.90 Å². The lowest BCUT2D eigenvalue weighted by Gasteiger charge is -2.42. The average Bonchev–Trinajstić information content (AvgIpc) is 2.34. The maximum Gasteiger partial charge on any atom is 0.0548 e. The fourth-order valence-corrected chi connectivity index (χ4v) is 3.40. The second kappa shape index (κ2) is 8.95. The van der Waals surface area contributed by atoms with Crippen LogP contribution < -0.4 is 5.32 Å². The predicted octanol–water partition coefficient (Wildman–Crippen LogP) is 4.94. The van der Waals surface area contributed by atoms with Crippen molar-refractivity contribution in [3.8, 4) is 0 Å². The van der Waals surface area contributed by atoms with Crippen molar-refractivity contribution < 1.29 is 0 Å². The van der Waals surface area contributed by atoms with E-state index in [1.165, 1.54) is 5.56 Å². The molecule has 1 atom stereocenters. The van der Waals surface area contributed by atoms with Crippen LogP contribution in [0.15, 0.2) is 22.7 Å². The first-order valence-corrected chi connectivity index (χ1v) is 7.96. The minimum atomic E-state index is 0. The Hall–Kier alpha value is 0.490. The normalized spacial score (nSPS) is 17.6. The van der Waals surface area contributed by atoms with Crippen molar-refractivity contribution in [2.24, 2.45) is 5.41 Å². The van der Waals surface area contributed by atoms with Crippen molar-refractivity contribution in [3.05, 3.63) is 33.3 Å². The van der Waals surface area contributed by atoms with Crippen LogP contribution in [0.2, 0.25) is 5.02 Å². The summed E-state index contributed by atoms with van der Waals surface area (Å²) in [7, 11) is 0. The summed E-state index contributed by atoms with van der Waals surface area (Å²) in [5, 5.41) is 4.20. The molecule has 0 saturated carbocycles. The van der Waals surface area contributed by atoms with Crippen LogP contribution in [-0.2, 0) is 0 Å². The molecule has 1 N–H and O–H groups in total. The minimum Gasteiger partial charge on any atom is -0.314 e. The molecule has 1 fully saturated rings. The highest BCUT2D eigenvalue weighted by Crippen LogP contribution is 2.39. The molecule has 0 aliphatic carbocycles. The van der Waals surface area contributed by atoms with E-state index in [1.54, 1.807) is 0 Å². The molecule has 0 spiro atoms. The molecule has 1 aliphatic heterocycles. The highest BCUT2D eigenvalue weighted by molar-refractivity contribution is 9.10. The third-order valence-corrected chi connectivity index (χ3v) is 4.81. The molecule has 2 nitrogen and oxygen atoms in total. The van der Waals surface area contributed by atoms with E-state index in [0.29, 0.717) is 6.04 Å². The van der Waals surface area contributed by atoms with Gasteiger partial charge in [-0.2, -0.15) is 0 Å². The van der Waals surface area contributed by atoms with E-state index < -0.39 is 0 Å². The van der Waals surface area contributed by atoms with Gasteiger partial charge in [0.1, 0.15) is 0 Å². The number of hydrogen-bond acceptors (Lipinski definition) is 2. The van der Waals surface area contributed by atoms with Crippen LogP contribution in [0.4, 0.5) is 0 Å². The van der Waals surface area contributed by atoms with Crippen molar-refractivity contribution in [1.82, 2.24) is 10.2 Å². The van der Waals surface area contributed by atoms with Gasteiger partial charge in [-0.05, 0) is 39.0 Å². The number of benzene rings is 1. The van der Waals surface area contributed by atoms with Gasteiger partial charge in [-0.15, -0.1) is 24.8 Å². The molecule has 1 saturated heterocycles. The van der Waals surface area contributed by atoms with E-state index in [1.807, 2.05) is 6.07 Å². The molecule has 6 heteroatoms. The van der Waals surface area contributed by atoms with Gasteiger partial charge in [0.15, 0.2) is 0 Å². The van der Waals surface area contributed by atoms with Gasteiger partial charge >= 0.3 is 0 Å². The summed E-state index contributed by atoms with van der Waals surface area (Å²) in [6, 6.07) is 6.73. The summed E-state index contributed by atoms with van der Waals surface area (Å²) in [5.41, 5.74) is 1.54. The first-order valence-electron chi connectivity index (χ1n) is 6.79. The van der Waals surface area contributed by atoms with Crippen LogP contribution in [-0.4, -0.2) is 31.1 Å². The molecule has 0 aromatic heterocycles. The zero-order chi connectivity index (χ0) is 14.0. The Bertz CT molecular complexity index is 443. The van der Waals surface area contributed by atoms with Gasteiger partial charge in [0.2, 0.25) is 0 Å². The molecule has 1 aliphatic rings. The van der Waals surface area contributed by atoms with E-state index in [0.717, 1.165) is 35.7 Å². The second-order valence-electron chi connectivity index (χ2n) is 6.23. The van der Waals surface area contributed by atoms with Gasteiger partial charge in [0, 0.05) is 36.7 Å². The summed E-state index contributed by atoms with van der Waals surface area (Å²) in [5.74, 6) is 0. The highest BCUT2D eigenvalue weighted by atomic mass is 79.9. The Balaban J connectivity index is 0.00000200. The average molecular weight is 419 g/mol. The lowest BCUT2D eigenvalue weighted by atomic mass is 9.81. The SMILES string of the molecule is CC(C)(C)[C@H](c1ccc(Cl)c(Br)c1)N1CCNCC1.Cl.Cl. The highest BCUT2D eigenvalue weighted by Gasteiger charge is 2.32. The van der Waals surface area contributed by atoms with Gasteiger partial charge in [-0.25, -0.2) is 0 Å². The minimum absolute atomic E-state index is 0. The van der Waals surface area contributed by atoms with E-state index in [-0.39, 0.29) is 30.2 Å². The maximum absolute atomic E-state index is 6.11. The molecular formula is C15H24BrCl3N2. The maximum atomic E-state index is 6.11. The fourth-order valence-electron chi connectivity index (χ4n) is 2.88. The van der Waals surface area contributed by atoms with Crippen molar-refractivity contribution >= 4 is 52.3 Å². The van der Waals surface area contributed by atoms with E-state index in [4.69, 9.17) is 11.6 Å². The molecule has 21 heavy (non-hydrogen) atoms. The van der Waals surface area contributed by atoms with Crippen LogP contribution in [0.5, 0.6) is 0 Å². The third kappa shape index (κ3) is 5.56. The molecule has 0 bridgehead atoms. The molecule has 0 radical (unpaired) electrons.